The summed E-state index contributed by atoms with van der Waals surface area (Å²) in [7, 11) is 0. The molecular weight excluding hydrogens is 420 g/mol. The van der Waals surface area contributed by atoms with Crippen molar-refractivity contribution in [3.8, 4) is 0 Å². The van der Waals surface area contributed by atoms with Gasteiger partial charge < -0.3 is 14.6 Å². The van der Waals surface area contributed by atoms with Crippen LogP contribution in [0.2, 0.25) is 0 Å². The van der Waals surface area contributed by atoms with Crippen molar-refractivity contribution < 1.29 is 14.6 Å². The van der Waals surface area contributed by atoms with Crippen molar-refractivity contribution in [2.75, 3.05) is 19.8 Å². The van der Waals surface area contributed by atoms with Crippen molar-refractivity contribution in [1.29, 1.82) is 0 Å². The molecule has 0 aromatic carbocycles. The van der Waals surface area contributed by atoms with E-state index in [1.165, 1.54) is 64.2 Å². The lowest BCUT2D eigenvalue weighted by Crippen LogP contribution is -2.69. The standard InChI is InChI=1S/C31H52O3/c1-21-9-12-30(20-32)15-14-28(5)22(23(30)19-21)7-8-25-27(4)13-16-31(33-17-18-34-31)26(2,3)24(27)10-11-29(25,28)6/h21-25,32H,7-20H2,1-6H3/t21-,22?,23-,24?,25?,27-,28-,29+,30?/m0/s1. The van der Waals surface area contributed by atoms with E-state index in [0.717, 1.165) is 43.3 Å². The Morgan fingerprint density at radius 1 is 0.706 bits per heavy atom. The SMILES string of the molecule is C[C@H]1CCC2(CO)CC[C@@]3(C)C(CCC4[C@@]5(C)CCC6(OCCO6)C(C)(C)C5CC[C@]43C)[C@@H]2C1. The summed E-state index contributed by atoms with van der Waals surface area (Å²) >= 11 is 0. The van der Waals surface area contributed by atoms with E-state index in [1.54, 1.807) is 0 Å². The van der Waals surface area contributed by atoms with E-state index in [2.05, 4.69) is 41.5 Å². The van der Waals surface area contributed by atoms with Gasteiger partial charge in [0.15, 0.2) is 5.79 Å². The van der Waals surface area contributed by atoms with Crippen LogP contribution in [0, 0.1) is 56.7 Å². The summed E-state index contributed by atoms with van der Waals surface area (Å²) in [5.41, 5.74) is 1.46. The van der Waals surface area contributed by atoms with Crippen LogP contribution in [0.15, 0.2) is 0 Å². The van der Waals surface area contributed by atoms with Gasteiger partial charge in [0, 0.05) is 18.4 Å². The Bertz CT molecular complexity index is 815. The Balaban J connectivity index is 1.36. The Labute approximate surface area is 209 Å². The highest BCUT2D eigenvalue weighted by atomic mass is 16.7. The van der Waals surface area contributed by atoms with Gasteiger partial charge in [0.25, 0.3) is 0 Å². The second kappa shape index (κ2) is 7.47. The van der Waals surface area contributed by atoms with E-state index in [-0.39, 0.29) is 16.6 Å². The highest BCUT2D eigenvalue weighted by Gasteiger charge is 2.72. The maximum absolute atomic E-state index is 10.7. The number of fused-ring (bicyclic) bond motifs is 7. The predicted octanol–water partition coefficient (Wildman–Crippen LogP) is 7.21. The molecule has 6 aliphatic rings. The van der Waals surface area contributed by atoms with Crippen molar-refractivity contribution in [3.05, 3.63) is 0 Å². The molecule has 34 heavy (non-hydrogen) atoms. The molecule has 6 fully saturated rings. The quantitative estimate of drug-likeness (QED) is 0.438. The van der Waals surface area contributed by atoms with Crippen LogP contribution in [-0.4, -0.2) is 30.7 Å². The number of ether oxygens (including phenoxy) is 2. The van der Waals surface area contributed by atoms with Gasteiger partial charge in [-0.25, -0.2) is 0 Å². The maximum atomic E-state index is 10.7. The molecule has 0 amide bonds. The van der Waals surface area contributed by atoms with Gasteiger partial charge in [-0.2, -0.15) is 0 Å². The van der Waals surface area contributed by atoms with E-state index in [0.29, 0.717) is 28.8 Å². The van der Waals surface area contributed by atoms with E-state index < -0.39 is 0 Å². The molecule has 5 aliphatic carbocycles. The first-order valence-corrected chi connectivity index (χ1v) is 14.9. The average molecular weight is 473 g/mol. The summed E-state index contributed by atoms with van der Waals surface area (Å²) in [5, 5.41) is 10.7. The van der Waals surface area contributed by atoms with Crippen LogP contribution in [-0.2, 0) is 9.47 Å². The zero-order chi connectivity index (χ0) is 24.2. The van der Waals surface area contributed by atoms with Crippen LogP contribution in [0.3, 0.4) is 0 Å². The Morgan fingerprint density at radius 3 is 2.15 bits per heavy atom. The molecule has 1 N–H and O–H groups in total. The summed E-state index contributed by atoms with van der Waals surface area (Å²) in [6, 6.07) is 0. The van der Waals surface area contributed by atoms with Gasteiger partial charge in [-0.3, -0.25) is 0 Å². The summed E-state index contributed by atoms with van der Waals surface area (Å²) in [4.78, 5) is 0. The first kappa shape index (κ1) is 24.2. The smallest absolute Gasteiger partial charge is 0.173 e. The van der Waals surface area contributed by atoms with Gasteiger partial charge in [0.05, 0.1) is 13.2 Å². The molecule has 3 heteroatoms. The normalized spacial score (nSPS) is 55.7. The lowest BCUT2D eigenvalue weighted by Gasteiger charge is -2.74. The van der Waals surface area contributed by atoms with Gasteiger partial charge in [-0.15, -0.1) is 0 Å². The van der Waals surface area contributed by atoms with Crippen LogP contribution >= 0.6 is 0 Å². The van der Waals surface area contributed by atoms with E-state index in [1.807, 2.05) is 0 Å². The molecular formula is C31H52O3. The minimum atomic E-state index is -0.351. The fraction of sp³-hybridized carbons (Fsp3) is 1.00. The second-order valence-corrected chi connectivity index (χ2v) is 15.3. The molecule has 6 rings (SSSR count). The monoisotopic (exact) mass is 472 g/mol. The highest BCUT2D eigenvalue weighted by molar-refractivity contribution is 5.19. The van der Waals surface area contributed by atoms with E-state index in [4.69, 9.17) is 9.47 Å². The Kier molecular flexibility index (Phi) is 5.32. The third-order valence-electron chi connectivity index (χ3n) is 14.3. The number of hydrogen-bond acceptors (Lipinski definition) is 3. The summed E-state index contributed by atoms with van der Waals surface area (Å²) in [6.45, 7) is 17.5. The third-order valence-corrected chi connectivity index (χ3v) is 14.3. The van der Waals surface area contributed by atoms with Crippen molar-refractivity contribution in [3.63, 3.8) is 0 Å². The molecule has 0 aromatic heterocycles. The van der Waals surface area contributed by atoms with Gasteiger partial charge in [0.1, 0.15) is 0 Å². The summed E-state index contributed by atoms with van der Waals surface area (Å²) in [6.07, 6.45) is 14.3. The molecule has 1 aliphatic heterocycles. The molecule has 4 unspecified atom stereocenters. The fourth-order valence-electron chi connectivity index (χ4n) is 12.2. The molecule has 194 valence electrons. The van der Waals surface area contributed by atoms with Gasteiger partial charge in [-0.05, 0) is 109 Å². The van der Waals surface area contributed by atoms with Crippen molar-refractivity contribution >= 4 is 0 Å². The molecule has 0 bridgehead atoms. The van der Waals surface area contributed by atoms with Crippen molar-refractivity contribution in [1.82, 2.24) is 0 Å². The number of aliphatic hydroxyl groups excluding tert-OH is 1. The largest absolute Gasteiger partial charge is 0.396 e. The van der Waals surface area contributed by atoms with E-state index in [9.17, 15) is 5.11 Å². The van der Waals surface area contributed by atoms with Crippen molar-refractivity contribution in [2.45, 2.75) is 118 Å². The lowest BCUT2D eigenvalue weighted by atomic mass is 9.31. The Hall–Kier alpha value is -0.120. The maximum Gasteiger partial charge on any atom is 0.173 e. The van der Waals surface area contributed by atoms with Crippen LogP contribution in [0.5, 0.6) is 0 Å². The Morgan fingerprint density at radius 2 is 1.44 bits per heavy atom. The molecule has 5 saturated carbocycles. The topological polar surface area (TPSA) is 38.7 Å². The minimum Gasteiger partial charge on any atom is -0.396 e. The number of aliphatic hydroxyl groups is 1. The van der Waals surface area contributed by atoms with Crippen LogP contribution in [0.25, 0.3) is 0 Å². The first-order valence-electron chi connectivity index (χ1n) is 14.9. The first-order chi connectivity index (χ1) is 16.0. The molecule has 1 spiro atoms. The van der Waals surface area contributed by atoms with E-state index >= 15 is 0 Å². The molecule has 1 heterocycles. The minimum absolute atomic E-state index is 0.0625. The van der Waals surface area contributed by atoms with Gasteiger partial charge in [-0.1, -0.05) is 48.0 Å². The summed E-state index contributed by atoms with van der Waals surface area (Å²) < 4.78 is 12.8. The lowest BCUT2D eigenvalue weighted by molar-refractivity contribution is -0.318. The van der Waals surface area contributed by atoms with Crippen LogP contribution in [0.1, 0.15) is 112 Å². The zero-order valence-electron chi connectivity index (χ0n) is 23.0. The molecule has 1 saturated heterocycles. The van der Waals surface area contributed by atoms with Gasteiger partial charge in [0.2, 0.25) is 0 Å². The van der Waals surface area contributed by atoms with Crippen molar-refractivity contribution in [2.24, 2.45) is 56.7 Å². The second-order valence-electron chi connectivity index (χ2n) is 15.3. The third kappa shape index (κ3) is 2.76. The molecule has 3 nitrogen and oxygen atoms in total. The molecule has 0 aromatic rings. The van der Waals surface area contributed by atoms with Crippen LogP contribution < -0.4 is 0 Å². The zero-order valence-corrected chi connectivity index (χ0v) is 23.0. The summed E-state index contributed by atoms with van der Waals surface area (Å²) in [5.74, 6) is 3.46. The molecule has 0 radical (unpaired) electrons. The number of rotatable bonds is 1. The fourth-order valence-corrected chi connectivity index (χ4v) is 12.2. The number of hydrogen-bond donors (Lipinski definition) is 1. The molecule has 9 atom stereocenters. The highest BCUT2D eigenvalue weighted by Crippen LogP contribution is 2.77. The predicted molar refractivity (Wildman–Crippen MR) is 136 cm³/mol. The van der Waals surface area contributed by atoms with Crippen LogP contribution in [0.4, 0.5) is 0 Å². The van der Waals surface area contributed by atoms with Gasteiger partial charge >= 0.3 is 0 Å². The average Bonchev–Trinajstić information content (AvgIpc) is 3.28.